The lowest BCUT2D eigenvalue weighted by molar-refractivity contribution is -0.122. The van der Waals surface area contributed by atoms with Crippen LogP contribution in [0.3, 0.4) is 0 Å². The Morgan fingerprint density at radius 3 is 2.80 bits per heavy atom. The van der Waals surface area contributed by atoms with Gasteiger partial charge in [-0.1, -0.05) is 23.7 Å². The van der Waals surface area contributed by atoms with Gasteiger partial charge in [-0.3, -0.25) is 15.1 Å². The number of amides is 1. The first kappa shape index (κ1) is 18.6. The Labute approximate surface area is 154 Å². The number of halogens is 1. The topological polar surface area (TPSA) is 59.6 Å². The van der Waals surface area contributed by atoms with Gasteiger partial charge in [0.05, 0.1) is 12.6 Å². The molecule has 2 aliphatic rings. The maximum Gasteiger partial charge on any atom is 0.234 e. The molecule has 138 valence electrons. The van der Waals surface area contributed by atoms with E-state index in [9.17, 15) is 4.79 Å². The van der Waals surface area contributed by atoms with Crippen LogP contribution in [0.2, 0.25) is 5.02 Å². The Balaban J connectivity index is 1.46. The fraction of sp³-hybridized carbons (Fsp3) is 0.611. The van der Waals surface area contributed by atoms with E-state index in [1.165, 1.54) is 5.56 Å². The van der Waals surface area contributed by atoms with Crippen LogP contribution >= 0.6 is 11.6 Å². The van der Waals surface area contributed by atoms with Gasteiger partial charge in [0.1, 0.15) is 0 Å². The van der Waals surface area contributed by atoms with Crippen LogP contribution < -0.4 is 16.2 Å². The summed E-state index contributed by atoms with van der Waals surface area (Å²) in [5, 5.41) is 3.84. The minimum atomic E-state index is 0.112. The van der Waals surface area contributed by atoms with Gasteiger partial charge in [-0.05, 0) is 38.2 Å². The number of hydrazine groups is 1. The summed E-state index contributed by atoms with van der Waals surface area (Å²) in [4.78, 5) is 16.8. The molecule has 0 aromatic heterocycles. The molecule has 2 saturated heterocycles. The Bertz CT molecular complexity index is 579. The number of hydrogen-bond donors (Lipinski definition) is 3. The second kappa shape index (κ2) is 8.47. The van der Waals surface area contributed by atoms with Gasteiger partial charge in [-0.15, -0.1) is 0 Å². The van der Waals surface area contributed by atoms with Gasteiger partial charge in [0.2, 0.25) is 5.91 Å². The summed E-state index contributed by atoms with van der Waals surface area (Å²) in [7, 11) is 4.20. The summed E-state index contributed by atoms with van der Waals surface area (Å²) in [6, 6.07) is 8.62. The average Bonchev–Trinajstić information content (AvgIpc) is 3.23. The van der Waals surface area contributed by atoms with Crippen LogP contribution in [0, 0.1) is 5.92 Å². The molecule has 1 aromatic rings. The van der Waals surface area contributed by atoms with E-state index in [-0.39, 0.29) is 11.9 Å². The van der Waals surface area contributed by atoms with Crippen molar-refractivity contribution in [2.45, 2.75) is 18.5 Å². The largest absolute Gasteiger partial charge is 0.355 e. The smallest absolute Gasteiger partial charge is 0.234 e. The summed E-state index contributed by atoms with van der Waals surface area (Å²) >= 11 is 5.97. The molecular formula is C18H28ClN5O. The Morgan fingerprint density at radius 1 is 1.36 bits per heavy atom. The van der Waals surface area contributed by atoms with Crippen LogP contribution in [-0.2, 0) is 4.79 Å². The average molecular weight is 366 g/mol. The molecule has 0 spiro atoms. The van der Waals surface area contributed by atoms with Crippen LogP contribution in [0.5, 0.6) is 0 Å². The first-order valence-electron chi connectivity index (χ1n) is 8.92. The molecule has 1 amide bonds. The van der Waals surface area contributed by atoms with Crippen molar-refractivity contribution < 1.29 is 4.79 Å². The molecule has 3 unspecified atom stereocenters. The predicted molar refractivity (Wildman–Crippen MR) is 100 cm³/mol. The van der Waals surface area contributed by atoms with E-state index in [0.29, 0.717) is 25.0 Å². The number of nitrogens with one attached hydrogen (secondary N) is 3. The summed E-state index contributed by atoms with van der Waals surface area (Å²) < 4.78 is 0. The molecule has 1 aromatic carbocycles. The molecule has 2 aliphatic heterocycles. The minimum absolute atomic E-state index is 0.112. The van der Waals surface area contributed by atoms with Gasteiger partial charge < -0.3 is 10.2 Å². The van der Waals surface area contributed by atoms with Crippen molar-refractivity contribution in [3.05, 3.63) is 34.9 Å². The molecule has 3 rings (SSSR count). The standard InChI is InChI=1S/C18H28ClN5O/c1-23(2)16-7-8-24(11-16)12-17(25)20-9-14-10-21-22-18(14)13-3-5-15(19)6-4-13/h3-6,14,16,18,21-22H,7-12H2,1-2H3,(H,20,25). The molecule has 3 atom stereocenters. The van der Waals surface area contributed by atoms with Gasteiger partial charge in [-0.2, -0.15) is 0 Å². The van der Waals surface area contributed by atoms with Crippen LogP contribution in [0.1, 0.15) is 18.0 Å². The first-order chi connectivity index (χ1) is 12.0. The van der Waals surface area contributed by atoms with Crippen molar-refractivity contribution in [2.75, 3.05) is 46.8 Å². The zero-order chi connectivity index (χ0) is 17.8. The highest BCUT2D eigenvalue weighted by Crippen LogP contribution is 2.25. The van der Waals surface area contributed by atoms with E-state index < -0.39 is 0 Å². The molecule has 2 heterocycles. The number of carbonyl (C=O) groups excluding carboxylic acids is 1. The number of nitrogens with zero attached hydrogens (tertiary/aromatic N) is 2. The van der Waals surface area contributed by atoms with Crippen molar-refractivity contribution in [3.8, 4) is 0 Å². The minimum Gasteiger partial charge on any atom is -0.355 e. The van der Waals surface area contributed by atoms with E-state index in [1.54, 1.807) is 0 Å². The van der Waals surface area contributed by atoms with E-state index in [4.69, 9.17) is 11.6 Å². The van der Waals surface area contributed by atoms with E-state index >= 15 is 0 Å². The van der Waals surface area contributed by atoms with Crippen molar-refractivity contribution in [1.82, 2.24) is 26.0 Å². The van der Waals surface area contributed by atoms with Crippen LogP contribution in [0.25, 0.3) is 0 Å². The van der Waals surface area contributed by atoms with Gasteiger partial charge >= 0.3 is 0 Å². The zero-order valence-electron chi connectivity index (χ0n) is 15.0. The van der Waals surface area contributed by atoms with Crippen molar-refractivity contribution in [2.24, 2.45) is 5.92 Å². The highest BCUT2D eigenvalue weighted by atomic mass is 35.5. The van der Waals surface area contributed by atoms with Crippen molar-refractivity contribution in [1.29, 1.82) is 0 Å². The molecule has 0 bridgehead atoms. The van der Waals surface area contributed by atoms with E-state index in [2.05, 4.69) is 40.1 Å². The molecule has 0 radical (unpaired) electrons. The predicted octanol–water partition coefficient (Wildman–Crippen LogP) is 0.857. The number of benzene rings is 1. The molecule has 3 N–H and O–H groups in total. The lowest BCUT2D eigenvalue weighted by atomic mass is 9.95. The number of likely N-dealkylation sites (tertiary alicyclic amines) is 1. The number of hydrogen-bond acceptors (Lipinski definition) is 5. The third-order valence-corrected chi connectivity index (χ3v) is 5.48. The maximum atomic E-state index is 12.3. The van der Waals surface area contributed by atoms with Crippen LogP contribution in [-0.4, -0.2) is 68.6 Å². The fourth-order valence-electron chi connectivity index (χ4n) is 3.63. The molecule has 25 heavy (non-hydrogen) atoms. The number of likely N-dealkylation sites (N-methyl/N-ethyl adjacent to an activating group) is 1. The fourth-order valence-corrected chi connectivity index (χ4v) is 3.76. The van der Waals surface area contributed by atoms with Gasteiger partial charge in [0, 0.05) is 43.2 Å². The van der Waals surface area contributed by atoms with E-state index in [0.717, 1.165) is 31.1 Å². The SMILES string of the molecule is CN(C)C1CCN(CC(=O)NCC2CNNC2c2ccc(Cl)cc2)C1. The van der Waals surface area contributed by atoms with Gasteiger partial charge in [0.25, 0.3) is 0 Å². The highest BCUT2D eigenvalue weighted by molar-refractivity contribution is 6.30. The second-order valence-electron chi connectivity index (χ2n) is 7.26. The monoisotopic (exact) mass is 365 g/mol. The first-order valence-corrected chi connectivity index (χ1v) is 9.30. The molecule has 7 heteroatoms. The van der Waals surface area contributed by atoms with Crippen LogP contribution in [0.4, 0.5) is 0 Å². The molecule has 6 nitrogen and oxygen atoms in total. The Morgan fingerprint density at radius 2 is 2.12 bits per heavy atom. The summed E-state index contributed by atoms with van der Waals surface area (Å²) in [6.45, 7) is 3.96. The van der Waals surface area contributed by atoms with E-state index in [1.807, 2.05) is 24.3 Å². The maximum absolute atomic E-state index is 12.3. The Hall–Kier alpha value is -1.18. The lowest BCUT2D eigenvalue weighted by Crippen LogP contribution is -2.40. The lowest BCUT2D eigenvalue weighted by Gasteiger charge is -2.21. The molecular weight excluding hydrogens is 338 g/mol. The Kier molecular flexibility index (Phi) is 6.30. The van der Waals surface area contributed by atoms with Crippen LogP contribution in [0.15, 0.2) is 24.3 Å². The quantitative estimate of drug-likeness (QED) is 0.698. The highest BCUT2D eigenvalue weighted by Gasteiger charge is 2.29. The van der Waals surface area contributed by atoms with Crippen molar-refractivity contribution >= 4 is 17.5 Å². The zero-order valence-corrected chi connectivity index (χ0v) is 15.7. The molecule has 0 aliphatic carbocycles. The summed E-state index contributed by atoms with van der Waals surface area (Å²) in [6.07, 6.45) is 1.13. The molecule has 2 fully saturated rings. The molecule has 0 saturated carbocycles. The third kappa shape index (κ3) is 4.92. The van der Waals surface area contributed by atoms with Crippen molar-refractivity contribution in [3.63, 3.8) is 0 Å². The van der Waals surface area contributed by atoms with Gasteiger partial charge in [-0.25, -0.2) is 5.43 Å². The number of carbonyl (C=O) groups is 1. The summed E-state index contributed by atoms with van der Waals surface area (Å²) in [5.41, 5.74) is 7.68. The normalized spacial score (nSPS) is 27.1. The third-order valence-electron chi connectivity index (χ3n) is 5.23. The second-order valence-corrected chi connectivity index (χ2v) is 7.70. The number of rotatable bonds is 6. The van der Waals surface area contributed by atoms with Gasteiger partial charge in [0.15, 0.2) is 0 Å². The summed E-state index contributed by atoms with van der Waals surface area (Å²) in [5.74, 6) is 0.430.